The van der Waals surface area contributed by atoms with Crippen molar-refractivity contribution in [2.24, 2.45) is 0 Å². The highest BCUT2D eigenvalue weighted by Crippen LogP contribution is 2.05. The van der Waals surface area contributed by atoms with Crippen molar-refractivity contribution in [2.75, 3.05) is 0 Å². The highest BCUT2D eigenvalue weighted by molar-refractivity contribution is 5.32. The Labute approximate surface area is 110 Å². The molecule has 0 unspecified atom stereocenters. The Morgan fingerprint density at radius 1 is 1.05 bits per heavy atom. The van der Waals surface area contributed by atoms with Crippen LogP contribution in [0, 0.1) is 0 Å². The first-order valence-corrected chi connectivity index (χ1v) is 6.06. The summed E-state index contributed by atoms with van der Waals surface area (Å²) in [5, 5.41) is 0. The summed E-state index contributed by atoms with van der Waals surface area (Å²) in [6, 6.07) is 13.2. The topological polar surface area (TPSA) is 39.8 Å². The maximum Gasteiger partial charge on any atom is 0.255 e. The fourth-order valence-corrected chi connectivity index (χ4v) is 2.01. The molecule has 0 amide bonds. The number of benzene rings is 1. The normalized spacial score (nSPS) is 10.5. The maximum absolute atomic E-state index is 12.1. The van der Waals surface area contributed by atoms with Crippen LogP contribution in [-0.2, 0) is 6.54 Å². The van der Waals surface area contributed by atoms with Gasteiger partial charge in [-0.2, -0.15) is 0 Å². The van der Waals surface area contributed by atoms with Gasteiger partial charge in [-0.05, 0) is 23.8 Å². The molecule has 0 bridgehead atoms. The van der Waals surface area contributed by atoms with Crippen LogP contribution in [0.4, 0.5) is 0 Å². The van der Waals surface area contributed by atoms with Gasteiger partial charge in [0.2, 0.25) is 0 Å². The first kappa shape index (κ1) is 11.5. The molecule has 0 N–H and O–H groups in total. The van der Waals surface area contributed by atoms with E-state index in [1.807, 2.05) is 53.4 Å². The Hall–Kier alpha value is -2.62. The van der Waals surface area contributed by atoms with E-state index in [0.717, 1.165) is 11.3 Å². The first-order valence-electron chi connectivity index (χ1n) is 6.06. The summed E-state index contributed by atoms with van der Waals surface area (Å²) in [4.78, 5) is 16.1. The van der Waals surface area contributed by atoms with Crippen molar-refractivity contribution < 1.29 is 0 Å². The van der Waals surface area contributed by atoms with Gasteiger partial charge in [-0.25, -0.2) is 4.98 Å². The zero-order valence-corrected chi connectivity index (χ0v) is 10.3. The van der Waals surface area contributed by atoms with Crippen LogP contribution in [0.1, 0.15) is 5.56 Å². The molecule has 0 aliphatic heterocycles. The molecule has 94 valence electrons. The van der Waals surface area contributed by atoms with Crippen molar-refractivity contribution in [3.8, 4) is 5.69 Å². The Balaban J connectivity index is 1.92. The zero-order valence-electron chi connectivity index (χ0n) is 10.3. The van der Waals surface area contributed by atoms with Crippen LogP contribution >= 0.6 is 0 Å². The Morgan fingerprint density at radius 3 is 2.58 bits per heavy atom. The third-order valence-corrected chi connectivity index (χ3v) is 2.94. The van der Waals surface area contributed by atoms with E-state index in [2.05, 4.69) is 4.98 Å². The van der Waals surface area contributed by atoms with Crippen LogP contribution in [0.5, 0.6) is 0 Å². The molecule has 4 nitrogen and oxygen atoms in total. The van der Waals surface area contributed by atoms with E-state index in [9.17, 15) is 4.79 Å². The Kier molecular flexibility index (Phi) is 2.98. The molecule has 0 fully saturated rings. The fourth-order valence-electron chi connectivity index (χ4n) is 2.01. The number of aromatic nitrogens is 3. The molecular formula is C15H13N3O. The number of imidazole rings is 1. The SMILES string of the molecule is O=c1cc(Cn2ccnc2)ccn1-c1ccccc1. The van der Waals surface area contributed by atoms with E-state index in [0.29, 0.717) is 6.54 Å². The van der Waals surface area contributed by atoms with Gasteiger partial charge < -0.3 is 4.57 Å². The summed E-state index contributed by atoms with van der Waals surface area (Å²) in [6.45, 7) is 0.658. The van der Waals surface area contributed by atoms with Crippen LogP contribution in [0.2, 0.25) is 0 Å². The molecule has 0 saturated carbocycles. The average molecular weight is 251 g/mol. The van der Waals surface area contributed by atoms with Gasteiger partial charge >= 0.3 is 0 Å². The van der Waals surface area contributed by atoms with Crippen molar-refractivity contribution in [3.05, 3.63) is 83.3 Å². The summed E-state index contributed by atoms with van der Waals surface area (Å²) in [5.41, 5.74) is 1.82. The molecule has 3 aromatic rings. The van der Waals surface area contributed by atoms with Gasteiger partial charge in [0.15, 0.2) is 0 Å². The lowest BCUT2D eigenvalue weighted by molar-refractivity contribution is 0.790. The molecule has 0 atom stereocenters. The summed E-state index contributed by atoms with van der Waals surface area (Å²) >= 11 is 0. The predicted octanol–water partition coefficient (Wildman–Crippen LogP) is 2.08. The molecule has 1 aromatic carbocycles. The van der Waals surface area contributed by atoms with E-state index < -0.39 is 0 Å². The number of pyridine rings is 1. The fraction of sp³-hybridized carbons (Fsp3) is 0.0667. The van der Waals surface area contributed by atoms with Gasteiger partial charge in [0, 0.05) is 36.9 Å². The average Bonchev–Trinajstić information content (AvgIpc) is 2.93. The molecule has 3 rings (SSSR count). The monoisotopic (exact) mass is 251 g/mol. The molecule has 2 aromatic heterocycles. The minimum atomic E-state index is -0.0242. The van der Waals surface area contributed by atoms with Crippen LogP contribution in [0.15, 0.2) is 72.2 Å². The van der Waals surface area contributed by atoms with E-state index >= 15 is 0 Å². The van der Waals surface area contributed by atoms with Gasteiger partial charge in [-0.1, -0.05) is 18.2 Å². The number of rotatable bonds is 3. The predicted molar refractivity (Wildman–Crippen MR) is 73.4 cm³/mol. The lowest BCUT2D eigenvalue weighted by Gasteiger charge is -2.07. The minimum Gasteiger partial charge on any atom is -0.333 e. The van der Waals surface area contributed by atoms with Crippen LogP contribution in [0.3, 0.4) is 0 Å². The zero-order chi connectivity index (χ0) is 13.1. The maximum atomic E-state index is 12.1. The molecule has 0 aliphatic rings. The van der Waals surface area contributed by atoms with Crippen molar-refractivity contribution in [1.82, 2.24) is 14.1 Å². The Morgan fingerprint density at radius 2 is 1.89 bits per heavy atom. The highest BCUT2D eigenvalue weighted by Gasteiger charge is 2.01. The third kappa shape index (κ3) is 2.47. The summed E-state index contributed by atoms with van der Waals surface area (Å²) in [6.07, 6.45) is 7.15. The number of nitrogens with zero attached hydrogens (tertiary/aromatic N) is 3. The summed E-state index contributed by atoms with van der Waals surface area (Å²) < 4.78 is 3.57. The molecule has 0 aliphatic carbocycles. The second kappa shape index (κ2) is 4.94. The Bertz CT molecular complexity index is 715. The number of para-hydroxylation sites is 1. The van der Waals surface area contributed by atoms with E-state index in [1.54, 1.807) is 23.2 Å². The van der Waals surface area contributed by atoms with E-state index in [4.69, 9.17) is 0 Å². The molecule has 2 heterocycles. The third-order valence-electron chi connectivity index (χ3n) is 2.94. The standard InChI is InChI=1S/C15H13N3O/c19-15-10-13(11-17-9-7-16-12-17)6-8-18(15)14-4-2-1-3-5-14/h1-10,12H,11H2. The molecular weight excluding hydrogens is 238 g/mol. The number of hydrogen-bond donors (Lipinski definition) is 0. The summed E-state index contributed by atoms with van der Waals surface area (Å²) in [5.74, 6) is 0. The van der Waals surface area contributed by atoms with Crippen molar-refractivity contribution in [3.63, 3.8) is 0 Å². The first-order chi connectivity index (χ1) is 9.33. The number of hydrogen-bond acceptors (Lipinski definition) is 2. The highest BCUT2D eigenvalue weighted by atomic mass is 16.1. The van der Waals surface area contributed by atoms with E-state index in [-0.39, 0.29) is 5.56 Å². The lowest BCUT2D eigenvalue weighted by atomic mass is 10.2. The van der Waals surface area contributed by atoms with Gasteiger partial charge in [-0.15, -0.1) is 0 Å². The minimum absolute atomic E-state index is 0.0242. The van der Waals surface area contributed by atoms with Gasteiger partial charge in [-0.3, -0.25) is 9.36 Å². The van der Waals surface area contributed by atoms with Crippen LogP contribution < -0.4 is 5.56 Å². The van der Waals surface area contributed by atoms with Crippen molar-refractivity contribution in [1.29, 1.82) is 0 Å². The molecule has 0 saturated heterocycles. The molecule has 0 spiro atoms. The van der Waals surface area contributed by atoms with Gasteiger partial charge in [0.1, 0.15) is 0 Å². The second-order valence-electron chi connectivity index (χ2n) is 4.31. The van der Waals surface area contributed by atoms with E-state index in [1.165, 1.54) is 0 Å². The quantitative estimate of drug-likeness (QED) is 0.715. The van der Waals surface area contributed by atoms with Crippen LogP contribution in [0.25, 0.3) is 5.69 Å². The van der Waals surface area contributed by atoms with Crippen LogP contribution in [-0.4, -0.2) is 14.1 Å². The van der Waals surface area contributed by atoms with Crippen molar-refractivity contribution in [2.45, 2.75) is 6.54 Å². The second-order valence-corrected chi connectivity index (χ2v) is 4.31. The lowest BCUT2D eigenvalue weighted by Crippen LogP contribution is -2.17. The van der Waals surface area contributed by atoms with Gasteiger partial charge in [0.05, 0.1) is 6.33 Å². The summed E-state index contributed by atoms with van der Waals surface area (Å²) in [7, 11) is 0. The molecule has 19 heavy (non-hydrogen) atoms. The molecule has 4 heteroatoms. The molecule has 0 radical (unpaired) electrons. The largest absolute Gasteiger partial charge is 0.333 e. The van der Waals surface area contributed by atoms with Crippen molar-refractivity contribution >= 4 is 0 Å². The van der Waals surface area contributed by atoms with Gasteiger partial charge in [0.25, 0.3) is 5.56 Å². The smallest absolute Gasteiger partial charge is 0.255 e.